The molecule has 0 N–H and O–H groups in total. The molecule has 0 radical (unpaired) electrons. The van der Waals surface area contributed by atoms with E-state index in [9.17, 15) is 14.4 Å². The molecule has 3 amide bonds. The van der Waals surface area contributed by atoms with Gasteiger partial charge in [0.15, 0.2) is 0 Å². The number of ether oxygens (including phenoxy) is 2. The van der Waals surface area contributed by atoms with Gasteiger partial charge in [0.2, 0.25) is 0 Å². The van der Waals surface area contributed by atoms with Crippen LogP contribution in [0.1, 0.15) is 5.56 Å². The highest BCUT2D eigenvalue weighted by Crippen LogP contribution is 2.22. The minimum absolute atomic E-state index is 0.0841. The zero-order valence-corrected chi connectivity index (χ0v) is 14.3. The molecule has 0 saturated carbocycles. The number of carbonyl (C=O) groups is 3. The highest BCUT2D eigenvalue weighted by molar-refractivity contribution is 6.18. The monoisotopic (exact) mass is 354 g/mol. The van der Waals surface area contributed by atoms with Crippen LogP contribution in [0.3, 0.4) is 0 Å². The number of hydrogen-bond donors (Lipinski definition) is 0. The molecule has 7 nitrogen and oxygen atoms in total. The van der Waals surface area contributed by atoms with Crippen LogP contribution in [0.5, 0.6) is 5.75 Å². The van der Waals surface area contributed by atoms with Crippen molar-refractivity contribution in [3.8, 4) is 5.75 Å². The summed E-state index contributed by atoms with van der Waals surface area (Å²) in [7, 11) is 1.53. The Balaban J connectivity index is 1.63. The molecule has 0 bridgehead atoms. The highest BCUT2D eigenvalue weighted by atomic mass is 16.6. The molecule has 2 aromatic rings. The Morgan fingerprint density at radius 2 is 1.58 bits per heavy atom. The fourth-order valence-corrected chi connectivity index (χ4v) is 2.62. The second kappa shape index (κ2) is 7.69. The van der Waals surface area contributed by atoms with Crippen molar-refractivity contribution in [1.29, 1.82) is 0 Å². The molecule has 1 fully saturated rings. The van der Waals surface area contributed by atoms with Crippen molar-refractivity contribution in [3.05, 3.63) is 60.2 Å². The molecule has 1 heterocycles. The molecule has 3 rings (SSSR count). The molecular formula is C19H18N2O5. The van der Waals surface area contributed by atoms with Gasteiger partial charge >= 0.3 is 6.09 Å². The maximum Gasteiger partial charge on any atom is 0.411 e. The number of anilines is 1. The van der Waals surface area contributed by atoms with Crippen LogP contribution in [0.4, 0.5) is 10.5 Å². The molecule has 0 aromatic heterocycles. The van der Waals surface area contributed by atoms with Crippen molar-refractivity contribution < 1.29 is 23.9 Å². The highest BCUT2D eigenvalue weighted by Gasteiger charge is 2.35. The van der Waals surface area contributed by atoms with Gasteiger partial charge in [-0.3, -0.25) is 14.5 Å². The molecule has 0 unspecified atom stereocenters. The first-order valence-corrected chi connectivity index (χ1v) is 8.04. The molecule has 0 spiro atoms. The van der Waals surface area contributed by atoms with Crippen LogP contribution in [0.15, 0.2) is 54.6 Å². The second-order valence-corrected chi connectivity index (χ2v) is 5.72. The van der Waals surface area contributed by atoms with Gasteiger partial charge in [0.25, 0.3) is 11.8 Å². The Labute approximate surface area is 150 Å². The van der Waals surface area contributed by atoms with E-state index in [1.165, 1.54) is 7.11 Å². The van der Waals surface area contributed by atoms with Crippen LogP contribution in [-0.4, -0.2) is 43.0 Å². The van der Waals surface area contributed by atoms with Crippen molar-refractivity contribution in [1.82, 2.24) is 4.90 Å². The van der Waals surface area contributed by atoms with E-state index in [0.29, 0.717) is 11.4 Å². The summed E-state index contributed by atoms with van der Waals surface area (Å²) in [6.45, 7) is -0.350. The fourth-order valence-electron chi connectivity index (χ4n) is 2.62. The predicted octanol–water partition coefficient (Wildman–Crippen LogP) is 2.21. The topological polar surface area (TPSA) is 76.2 Å². The summed E-state index contributed by atoms with van der Waals surface area (Å²) in [5, 5.41) is 0. The van der Waals surface area contributed by atoms with Gasteiger partial charge < -0.3 is 9.47 Å². The normalized spacial score (nSPS) is 14.3. The summed E-state index contributed by atoms with van der Waals surface area (Å²) in [5.41, 5.74) is 1.27. The molecule has 26 heavy (non-hydrogen) atoms. The van der Waals surface area contributed by atoms with Gasteiger partial charge in [0.1, 0.15) is 25.4 Å². The van der Waals surface area contributed by atoms with Gasteiger partial charge in [-0.2, -0.15) is 0 Å². The SMILES string of the molecule is COc1ccc(N2C(=O)CN(C(=O)OCc3ccccc3)CC2=O)cc1. The lowest BCUT2D eigenvalue weighted by Gasteiger charge is -2.32. The summed E-state index contributed by atoms with van der Waals surface area (Å²) < 4.78 is 10.2. The molecule has 2 aromatic carbocycles. The van der Waals surface area contributed by atoms with Crippen LogP contribution >= 0.6 is 0 Å². The zero-order valence-electron chi connectivity index (χ0n) is 14.3. The number of amides is 3. The van der Waals surface area contributed by atoms with Crippen LogP contribution in [0, 0.1) is 0 Å². The third kappa shape index (κ3) is 3.83. The van der Waals surface area contributed by atoms with Crippen LogP contribution in [-0.2, 0) is 20.9 Å². The van der Waals surface area contributed by atoms with E-state index < -0.39 is 17.9 Å². The van der Waals surface area contributed by atoms with Crippen molar-refractivity contribution >= 4 is 23.6 Å². The van der Waals surface area contributed by atoms with E-state index in [4.69, 9.17) is 9.47 Å². The van der Waals surface area contributed by atoms with Crippen molar-refractivity contribution in [2.75, 3.05) is 25.1 Å². The lowest BCUT2D eigenvalue weighted by Crippen LogP contribution is -2.55. The van der Waals surface area contributed by atoms with E-state index in [0.717, 1.165) is 15.4 Å². The number of methoxy groups -OCH3 is 1. The molecule has 134 valence electrons. The van der Waals surface area contributed by atoms with Gasteiger partial charge in [-0.15, -0.1) is 0 Å². The average molecular weight is 354 g/mol. The van der Waals surface area contributed by atoms with E-state index >= 15 is 0 Å². The number of piperazine rings is 1. The Bertz CT molecular complexity index is 786. The first-order valence-electron chi connectivity index (χ1n) is 8.04. The maximum absolute atomic E-state index is 12.4. The lowest BCUT2D eigenvalue weighted by molar-refractivity contribution is -0.131. The summed E-state index contributed by atoms with van der Waals surface area (Å²) in [5.74, 6) is -0.345. The smallest absolute Gasteiger partial charge is 0.411 e. The summed E-state index contributed by atoms with van der Waals surface area (Å²) in [6, 6.07) is 15.8. The van der Waals surface area contributed by atoms with E-state index in [2.05, 4.69) is 0 Å². The first-order chi connectivity index (χ1) is 12.6. The Hall–Kier alpha value is -3.35. The number of benzene rings is 2. The minimum atomic E-state index is -0.690. The molecule has 1 aliphatic heterocycles. The lowest BCUT2D eigenvalue weighted by atomic mass is 10.2. The standard InChI is InChI=1S/C19H18N2O5/c1-25-16-9-7-15(8-10-16)21-17(22)11-20(12-18(21)23)19(24)26-13-14-5-3-2-4-6-14/h2-10H,11-13H2,1H3. The molecule has 0 atom stereocenters. The number of imide groups is 1. The summed E-state index contributed by atoms with van der Waals surface area (Å²) in [4.78, 5) is 39.1. The van der Waals surface area contributed by atoms with Gasteiger partial charge in [-0.05, 0) is 29.8 Å². The molecule has 1 saturated heterocycles. The Kier molecular flexibility index (Phi) is 5.17. The van der Waals surface area contributed by atoms with Gasteiger partial charge in [-0.25, -0.2) is 9.69 Å². The van der Waals surface area contributed by atoms with Crippen LogP contribution < -0.4 is 9.64 Å². The Morgan fingerprint density at radius 3 is 2.15 bits per heavy atom. The predicted molar refractivity (Wildman–Crippen MR) is 93.7 cm³/mol. The van der Waals surface area contributed by atoms with E-state index in [-0.39, 0.29) is 19.7 Å². The van der Waals surface area contributed by atoms with Gasteiger partial charge in [0, 0.05) is 0 Å². The average Bonchev–Trinajstić information content (AvgIpc) is 2.67. The molecule has 0 aliphatic carbocycles. The summed E-state index contributed by atoms with van der Waals surface area (Å²) in [6.07, 6.45) is -0.690. The van der Waals surface area contributed by atoms with E-state index in [1.807, 2.05) is 30.3 Å². The first kappa shape index (κ1) is 17.5. The molecular weight excluding hydrogens is 336 g/mol. The zero-order chi connectivity index (χ0) is 18.5. The van der Waals surface area contributed by atoms with E-state index in [1.54, 1.807) is 24.3 Å². The molecule has 7 heteroatoms. The minimum Gasteiger partial charge on any atom is -0.497 e. The van der Waals surface area contributed by atoms with Crippen molar-refractivity contribution in [2.45, 2.75) is 6.61 Å². The van der Waals surface area contributed by atoms with Crippen LogP contribution in [0.25, 0.3) is 0 Å². The quantitative estimate of drug-likeness (QED) is 0.787. The largest absolute Gasteiger partial charge is 0.497 e. The van der Waals surface area contributed by atoms with Crippen molar-refractivity contribution in [2.24, 2.45) is 0 Å². The Morgan fingerprint density at radius 1 is 0.962 bits per heavy atom. The van der Waals surface area contributed by atoms with Crippen molar-refractivity contribution in [3.63, 3.8) is 0 Å². The number of carbonyl (C=O) groups excluding carboxylic acids is 3. The second-order valence-electron chi connectivity index (χ2n) is 5.72. The number of nitrogens with zero attached hydrogens (tertiary/aromatic N) is 2. The third-order valence-corrected chi connectivity index (χ3v) is 3.94. The molecule has 1 aliphatic rings. The number of hydrogen-bond acceptors (Lipinski definition) is 5. The summed E-state index contributed by atoms with van der Waals surface area (Å²) >= 11 is 0. The van der Waals surface area contributed by atoms with Gasteiger partial charge in [-0.1, -0.05) is 30.3 Å². The van der Waals surface area contributed by atoms with Gasteiger partial charge in [0.05, 0.1) is 12.8 Å². The van der Waals surface area contributed by atoms with Crippen LogP contribution in [0.2, 0.25) is 0 Å². The fraction of sp³-hybridized carbons (Fsp3) is 0.211. The third-order valence-electron chi connectivity index (χ3n) is 3.94. The maximum atomic E-state index is 12.4. The number of rotatable bonds is 4.